The molecule has 1 atom stereocenters. The van der Waals surface area contributed by atoms with Crippen LogP contribution in [0.4, 0.5) is 0 Å². The Bertz CT molecular complexity index is 285. The summed E-state index contributed by atoms with van der Waals surface area (Å²) >= 11 is 0. The summed E-state index contributed by atoms with van der Waals surface area (Å²) in [7, 11) is 0. The Kier molecular flexibility index (Phi) is 2.17. The maximum atomic E-state index is 11.2. The Balaban J connectivity index is 3.03. The number of aryl methyl sites for hydroxylation is 1. The van der Waals surface area contributed by atoms with E-state index >= 15 is 0 Å². The number of nitrogens with one attached hydrogen (secondary N) is 1. The molecule has 1 aromatic heterocycles. The van der Waals surface area contributed by atoms with E-state index in [1.807, 2.05) is 13.8 Å². The van der Waals surface area contributed by atoms with Crippen molar-refractivity contribution in [3.05, 3.63) is 22.1 Å². The lowest BCUT2D eigenvalue weighted by atomic mass is 10.3. The van der Waals surface area contributed by atoms with Crippen LogP contribution in [0.25, 0.3) is 0 Å². The molecule has 1 unspecified atom stereocenters. The quantitative estimate of drug-likeness (QED) is 0.688. The highest BCUT2D eigenvalue weighted by molar-refractivity contribution is 4.96. The second-order valence-corrected chi connectivity index (χ2v) is 2.90. The lowest BCUT2D eigenvalue weighted by Crippen LogP contribution is -2.19. The summed E-state index contributed by atoms with van der Waals surface area (Å²) in [5.41, 5.74) is 0.993. The zero-order valence-electron chi connectivity index (χ0n) is 7.22. The van der Waals surface area contributed by atoms with Gasteiger partial charge in [-0.1, -0.05) is 6.92 Å². The fourth-order valence-electron chi connectivity index (χ4n) is 1.04. The molecule has 0 bridgehead atoms. The van der Waals surface area contributed by atoms with Gasteiger partial charge in [0, 0.05) is 11.8 Å². The molecule has 0 radical (unpaired) electrons. The van der Waals surface area contributed by atoms with Crippen LogP contribution >= 0.6 is 0 Å². The van der Waals surface area contributed by atoms with Gasteiger partial charge in [0.1, 0.15) is 0 Å². The van der Waals surface area contributed by atoms with Crippen molar-refractivity contribution >= 4 is 0 Å². The third kappa shape index (κ3) is 1.53. The molecule has 1 aromatic rings. The van der Waals surface area contributed by atoms with Gasteiger partial charge < -0.3 is 0 Å². The molecule has 0 aliphatic heterocycles. The van der Waals surface area contributed by atoms with Gasteiger partial charge in [0.15, 0.2) is 0 Å². The summed E-state index contributed by atoms with van der Waals surface area (Å²) in [6, 6.07) is 1.89. The topological polar surface area (TPSA) is 37.8 Å². The van der Waals surface area contributed by atoms with Crippen LogP contribution in [0, 0.1) is 6.92 Å². The van der Waals surface area contributed by atoms with Gasteiger partial charge in [0.2, 0.25) is 0 Å². The summed E-state index contributed by atoms with van der Waals surface area (Å²) in [6.45, 7) is 5.98. The molecule has 3 heteroatoms. The first-order valence-corrected chi connectivity index (χ1v) is 3.93. The molecule has 11 heavy (non-hydrogen) atoms. The van der Waals surface area contributed by atoms with Crippen molar-refractivity contribution in [3.63, 3.8) is 0 Å². The SMILES string of the molecule is CCC(C)n1[nH]c(C)cc1=O. The van der Waals surface area contributed by atoms with Gasteiger partial charge in [-0.2, -0.15) is 0 Å². The fraction of sp³-hybridized carbons (Fsp3) is 0.625. The molecule has 0 aromatic carbocycles. The van der Waals surface area contributed by atoms with Crippen molar-refractivity contribution < 1.29 is 0 Å². The molecule has 0 amide bonds. The predicted octanol–water partition coefficient (Wildman–Crippen LogP) is 1.46. The normalized spacial score (nSPS) is 13.4. The molecule has 0 saturated carbocycles. The molecule has 62 valence electrons. The fourth-order valence-corrected chi connectivity index (χ4v) is 1.04. The van der Waals surface area contributed by atoms with Gasteiger partial charge in [-0.25, -0.2) is 0 Å². The van der Waals surface area contributed by atoms with Gasteiger partial charge >= 0.3 is 0 Å². The summed E-state index contributed by atoms with van der Waals surface area (Å²) in [5.74, 6) is 0. The van der Waals surface area contributed by atoms with E-state index in [1.54, 1.807) is 10.7 Å². The molecular weight excluding hydrogens is 140 g/mol. The maximum absolute atomic E-state index is 11.2. The van der Waals surface area contributed by atoms with E-state index in [9.17, 15) is 4.79 Å². The number of aromatic nitrogens is 2. The maximum Gasteiger partial charge on any atom is 0.266 e. The van der Waals surface area contributed by atoms with Gasteiger partial charge in [-0.3, -0.25) is 14.6 Å². The Morgan fingerprint density at radius 2 is 2.36 bits per heavy atom. The van der Waals surface area contributed by atoms with E-state index in [1.165, 1.54) is 0 Å². The number of H-pyrrole nitrogens is 1. The highest BCUT2D eigenvalue weighted by Crippen LogP contribution is 2.04. The average molecular weight is 154 g/mol. The van der Waals surface area contributed by atoms with Crippen LogP contribution in [-0.2, 0) is 0 Å². The lowest BCUT2D eigenvalue weighted by Gasteiger charge is -2.08. The molecule has 3 nitrogen and oxygen atoms in total. The van der Waals surface area contributed by atoms with E-state index in [-0.39, 0.29) is 11.6 Å². The molecule has 1 rings (SSSR count). The second-order valence-electron chi connectivity index (χ2n) is 2.90. The van der Waals surface area contributed by atoms with Gasteiger partial charge in [0.05, 0.1) is 6.04 Å². The Morgan fingerprint density at radius 1 is 1.73 bits per heavy atom. The van der Waals surface area contributed by atoms with Gasteiger partial charge in [0.25, 0.3) is 5.56 Å². The zero-order valence-corrected chi connectivity index (χ0v) is 7.22. The molecule has 0 aliphatic rings. The Labute approximate surface area is 66.0 Å². The average Bonchev–Trinajstić information content (AvgIpc) is 2.28. The third-order valence-corrected chi connectivity index (χ3v) is 1.91. The highest BCUT2D eigenvalue weighted by atomic mass is 16.1. The number of hydrogen-bond acceptors (Lipinski definition) is 1. The second kappa shape index (κ2) is 2.95. The van der Waals surface area contributed by atoms with Crippen molar-refractivity contribution in [2.24, 2.45) is 0 Å². The number of rotatable bonds is 2. The van der Waals surface area contributed by atoms with Crippen LogP contribution in [0.5, 0.6) is 0 Å². The van der Waals surface area contributed by atoms with Crippen molar-refractivity contribution in [1.82, 2.24) is 9.78 Å². The minimum Gasteiger partial charge on any atom is -0.300 e. The van der Waals surface area contributed by atoms with Crippen molar-refractivity contribution in [2.75, 3.05) is 0 Å². The monoisotopic (exact) mass is 154 g/mol. The van der Waals surface area contributed by atoms with Crippen LogP contribution in [0.2, 0.25) is 0 Å². The molecular formula is C8H14N2O. The number of hydrogen-bond donors (Lipinski definition) is 1. The molecule has 1 N–H and O–H groups in total. The highest BCUT2D eigenvalue weighted by Gasteiger charge is 2.04. The molecule has 1 heterocycles. The van der Waals surface area contributed by atoms with Crippen LogP contribution in [-0.4, -0.2) is 9.78 Å². The van der Waals surface area contributed by atoms with E-state index in [0.717, 1.165) is 12.1 Å². The predicted molar refractivity (Wildman–Crippen MR) is 44.8 cm³/mol. The summed E-state index contributed by atoms with van der Waals surface area (Å²) in [4.78, 5) is 11.2. The zero-order chi connectivity index (χ0) is 8.43. The largest absolute Gasteiger partial charge is 0.300 e. The van der Waals surface area contributed by atoms with E-state index in [4.69, 9.17) is 0 Å². The number of aromatic amines is 1. The van der Waals surface area contributed by atoms with Crippen molar-refractivity contribution in [1.29, 1.82) is 0 Å². The van der Waals surface area contributed by atoms with Crippen molar-refractivity contribution in [2.45, 2.75) is 33.2 Å². The molecule has 0 aliphatic carbocycles. The summed E-state index contributed by atoms with van der Waals surface area (Å²) < 4.78 is 1.66. The molecule has 0 spiro atoms. The van der Waals surface area contributed by atoms with Crippen LogP contribution in [0.15, 0.2) is 10.9 Å². The smallest absolute Gasteiger partial charge is 0.266 e. The first-order valence-electron chi connectivity index (χ1n) is 3.93. The third-order valence-electron chi connectivity index (χ3n) is 1.91. The minimum atomic E-state index is 0.0665. The standard InChI is InChI=1S/C8H14N2O/c1-4-7(3)10-8(11)5-6(2)9-10/h5,7,9H,4H2,1-3H3. The van der Waals surface area contributed by atoms with Crippen molar-refractivity contribution in [3.8, 4) is 0 Å². The summed E-state index contributed by atoms with van der Waals surface area (Å²) in [5, 5.41) is 3.00. The Morgan fingerprint density at radius 3 is 2.73 bits per heavy atom. The molecule has 0 fully saturated rings. The molecule has 0 saturated heterocycles. The van der Waals surface area contributed by atoms with E-state index < -0.39 is 0 Å². The number of nitrogens with zero attached hydrogens (tertiary/aromatic N) is 1. The van der Waals surface area contributed by atoms with E-state index in [2.05, 4.69) is 12.0 Å². The summed E-state index contributed by atoms with van der Waals surface area (Å²) in [6.07, 6.45) is 0.972. The van der Waals surface area contributed by atoms with Crippen LogP contribution in [0.1, 0.15) is 32.0 Å². The van der Waals surface area contributed by atoms with Crippen LogP contribution < -0.4 is 5.56 Å². The minimum absolute atomic E-state index is 0.0665. The van der Waals surface area contributed by atoms with Gasteiger partial charge in [-0.15, -0.1) is 0 Å². The van der Waals surface area contributed by atoms with Gasteiger partial charge in [-0.05, 0) is 20.3 Å². The first-order chi connectivity index (χ1) is 5.15. The van der Waals surface area contributed by atoms with E-state index in [0.29, 0.717) is 0 Å². The lowest BCUT2D eigenvalue weighted by molar-refractivity contribution is 0.463. The van der Waals surface area contributed by atoms with Crippen LogP contribution in [0.3, 0.4) is 0 Å². The Hall–Kier alpha value is -0.990. The first kappa shape index (κ1) is 8.11.